The Kier molecular flexibility index (Phi) is 6.63. The van der Waals surface area contributed by atoms with Crippen LogP contribution in [0.1, 0.15) is 55.5 Å². The van der Waals surface area contributed by atoms with Gasteiger partial charge in [0.15, 0.2) is 0 Å². The van der Waals surface area contributed by atoms with Crippen molar-refractivity contribution in [2.75, 3.05) is 25.5 Å². The van der Waals surface area contributed by atoms with Crippen molar-refractivity contribution < 1.29 is 9.90 Å². The molecule has 0 aromatic heterocycles. The molecule has 156 valence electrons. The van der Waals surface area contributed by atoms with Crippen LogP contribution in [0.4, 0.5) is 5.69 Å². The van der Waals surface area contributed by atoms with Gasteiger partial charge in [0, 0.05) is 43.9 Å². The zero-order valence-corrected chi connectivity index (χ0v) is 18.1. The average molecular weight is 395 g/mol. The van der Waals surface area contributed by atoms with Crippen molar-refractivity contribution in [3.63, 3.8) is 0 Å². The lowest BCUT2D eigenvalue weighted by molar-refractivity contribution is -0.101. The standard InChI is InChI=1S/C25H34N2O2/c1-5-10-22-23(6-2)27(18-17-25(22,29)20-11-8-7-9-12-20)24(28)19-13-15-21(16-14-19)26(3)4/h7-9,11-16,22-23,29H,5-6,10,17-18H2,1-4H3/t22-,23+,25-/m1/s1. The number of hydrogen-bond acceptors (Lipinski definition) is 3. The molecule has 0 bridgehead atoms. The van der Waals surface area contributed by atoms with Crippen LogP contribution in [0.25, 0.3) is 0 Å². The Morgan fingerprint density at radius 1 is 1.10 bits per heavy atom. The quantitative estimate of drug-likeness (QED) is 0.774. The smallest absolute Gasteiger partial charge is 0.254 e. The van der Waals surface area contributed by atoms with Crippen LogP contribution >= 0.6 is 0 Å². The fourth-order valence-electron chi connectivity index (χ4n) is 4.83. The van der Waals surface area contributed by atoms with Crippen LogP contribution < -0.4 is 4.90 Å². The summed E-state index contributed by atoms with van der Waals surface area (Å²) in [7, 11) is 3.99. The molecule has 0 saturated carbocycles. The van der Waals surface area contributed by atoms with E-state index in [9.17, 15) is 9.90 Å². The lowest BCUT2D eigenvalue weighted by Gasteiger charge is -2.50. The number of benzene rings is 2. The maximum absolute atomic E-state index is 13.4. The van der Waals surface area contributed by atoms with E-state index in [2.05, 4.69) is 13.8 Å². The van der Waals surface area contributed by atoms with Crippen LogP contribution in [0.2, 0.25) is 0 Å². The summed E-state index contributed by atoms with van der Waals surface area (Å²) in [6.45, 7) is 4.84. The van der Waals surface area contributed by atoms with Crippen molar-refractivity contribution in [3.8, 4) is 0 Å². The number of rotatable bonds is 6. The third-order valence-electron chi connectivity index (χ3n) is 6.40. The first-order valence-corrected chi connectivity index (χ1v) is 10.8. The van der Waals surface area contributed by atoms with E-state index >= 15 is 0 Å². The molecule has 0 aliphatic carbocycles. The van der Waals surface area contributed by atoms with Crippen molar-refractivity contribution in [2.45, 2.75) is 51.2 Å². The predicted molar refractivity (Wildman–Crippen MR) is 119 cm³/mol. The highest BCUT2D eigenvalue weighted by Crippen LogP contribution is 2.44. The van der Waals surface area contributed by atoms with E-state index in [0.717, 1.165) is 36.1 Å². The van der Waals surface area contributed by atoms with Gasteiger partial charge >= 0.3 is 0 Å². The van der Waals surface area contributed by atoms with Crippen molar-refractivity contribution in [2.24, 2.45) is 5.92 Å². The van der Waals surface area contributed by atoms with Gasteiger partial charge in [0.1, 0.15) is 0 Å². The number of piperidine rings is 1. The molecule has 4 nitrogen and oxygen atoms in total. The summed E-state index contributed by atoms with van der Waals surface area (Å²) in [4.78, 5) is 17.4. The fourth-order valence-corrected chi connectivity index (χ4v) is 4.83. The van der Waals surface area contributed by atoms with Crippen molar-refractivity contribution in [1.29, 1.82) is 0 Å². The van der Waals surface area contributed by atoms with Crippen LogP contribution in [0.3, 0.4) is 0 Å². The van der Waals surface area contributed by atoms with Gasteiger partial charge in [0.05, 0.1) is 5.60 Å². The molecule has 3 atom stereocenters. The van der Waals surface area contributed by atoms with Gasteiger partial charge in [-0.15, -0.1) is 0 Å². The number of anilines is 1. The maximum atomic E-state index is 13.4. The Balaban J connectivity index is 1.91. The third-order valence-corrected chi connectivity index (χ3v) is 6.40. The van der Waals surface area contributed by atoms with E-state index in [0.29, 0.717) is 13.0 Å². The molecule has 4 heteroatoms. The van der Waals surface area contributed by atoms with E-state index in [-0.39, 0.29) is 17.9 Å². The molecule has 1 aliphatic heterocycles. The number of hydrogen-bond donors (Lipinski definition) is 1. The molecule has 2 aromatic rings. The summed E-state index contributed by atoms with van der Waals surface area (Å²) < 4.78 is 0. The van der Waals surface area contributed by atoms with E-state index in [1.54, 1.807) is 0 Å². The molecule has 1 heterocycles. The highest BCUT2D eigenvalue weighted by molar-refractivity contribution is 5.95. The van der Waals surface area contributed by atoms with E-state index < -0.39 is 5.60 Å². The number of carbonyl (C=O) groups is 1. The van der Waals surface area contributed by atoms with Crippen LogP contribution in [0, 0.1) is 5.92 Å². The first-order chi connectivity index (χ1) is 13.9. The molecule has 1 N–H and O–H groups in total. The monoisotopic (exact) mass is 394 g/mol. The van der Waals surface area contributed by atoms with Crippen LogP contribution in [0.5, 0.6) is 0 Å². The zero-order chi connectivity index (χ0) is 21.0. The van der Waals surface area contributed by atoms with Gasteiger partial charge < -0.3 is 14.9 Å². The molecule has 2 aromatic carbocycles. The molecule has 1 amide bonds. The molecule has 0 radical (unpaired) electrons. The van der Waals surface area contributed by atoms with Gasteiger partial charge in [-0.1, -0.05) is 50.6 Å². The topological polar surface area (TPSA) is 43.8 Å². The molecule has 1 saturated heterocycles. The first kappa shape index (κ1) is 21.4. The van der Waals surface area contributed by atoms with Gasteiger partial charge in [-0.3, -0.25) is 4.79 Å². The number of likely N-dealkylation sites (tertiary alicyclic amines) is 1. The Morgan fingerprint density at radius 3 is 2.31 bits per heavy atom. The summed E-state index contributed by atoms with van der Waals surface area (Å²) in [5, 5.41) is 11.8. The second-order valence-electron chi connectivity index (χ2n) is 8.35. The van der Waals surface area contributed by atoms with Crippen LogP contribution in [-0.2, 0) is 5.60 Å². The highest BCUT2D eigenvalue weighted by Gasteiger charge is 2.48. The zero-order valence-electron chi connectivity index (χ0n) is 18.1. The van der Waals surface area contributed by atoms with Crippen molar-refractivity contribution in [3.05, 3.63) is 65.7 Å². The van der Waals surface area contributed by atoms with E-state index in [1.807, 2.05) is 78.5 Å². The van der Waals surface area contributed by atoms with Crippen molar-refractivity contribution in [1.82, 2.24) is 4.90 Å². The Bertz CT molecular complexity index is 803. The molecular weight excluding hydrogens is 360 g/mol. The van der Waals surface area contributed by atoms with E-state index in [1.165, 1.54) is 0 Å². The molecule has 1 fully saturated rings. The maximum Gasteiger partial charge on any atom is 0.254 e. The van der Waals surface area contributed by atoms with Crippen molar-refractivity contribution >= 4 is 11.6 Å². The highest BCUT2D eigenvalue weighted by atomic mass is 16.3. The second-order valence-corrected chi connectivity index (χ2v) is 8.35. The fraction of sp³-hybridized carbons (Fsp3) is 0.480. The minimum atomic E-state index is -0.885. The van der Waals surface area contributed by atoms with Crippen LogP contribution in [-0.4, -0.2) is 42.6 Å². The molecule has 29 heavy (non-hydrogen) atoms. The average Bonchev–Trinajstić information content (AvgIpc) is 2.75. The molecule has 0 unspecified atom stereocenters. The normalized spacial score (nSPS) is 24.4. The van der Waals surface area contributed by atoms with Gasteiger partial charge in [0.25, 0.3) is 5.91 Å². The van der Waals surface area contributed by atoms with Crippen LogP contribution in [0.15, 0.2) is 54.6 Å². The number of amides is 1. The Labute approximate surface area is 175 Å². The van der Waals surface area contributed by atoms with Gasteiger partial charge in [-0.2, -0.15) is 0 Å². The lowest BCUT2D eigenvalue weighted by atomic mass is 9.69. The number of nitrogens with zero attached hydrogens (tertiary/aromatic N) is 2. The van der Waals surface area contributed by atoms with Gasteiger partial charge in [-0.05, 0) is 49.1 Å². The molecule has 1 aliphatic rings. The molecule has 3 rings (SSSR count). The Hall–Kier alpha value is -2.33. The SMILES string of the molecule is CCC[C@@H]1[C@H](CC)N(C(=O)c2ccc(N(C)C)cc2)CC[C@@]1(O)c1ccccc1. The summed E-state index contributed by atoms with van der Waals surface area (Å²) in [5.74, 6) is 0.0945. The second kappa shape index (κ2) is 9.00. The largest absolute Gasteiger partial charge is 0.385 e. The predicted octanol–water partition coefficient (Wildman–Crippen LogP) is 4.68. The summed E-state index contributed by atoms with van der Waals surface area (Å²) >= 11 is 0. The first-order valence-electron chi connectivity index (χ1n) is 10.8. The van der Waals surface area contributed by atoms with E-state index in [4.69, 9.17) is 0 Å². The molecular formula is C25H34N2O2. The summed E-state index contributed by atoms with van der Waals surface area (Å²) in [6.07, 6.45) is 3.28. The lowest BCUT2D eigenvalue weighted by Crippen LogP contribution is -2.57. The van der Waals surface area contributed by atoms with Gasteiger partial charge in [0.2, 0.25) is 0 Å². The summed E-state index contributed by atoms with van der Waals surface area (Å²) in [5.41, 5.74) is 1.88. The molecule has 0 spiro atoms. The number of aliphatic hydroxyl groups is 1. The minimum absolute atomic E-state index is 0.0231. The van der Waals surface area contributed by atoms with Gasteiger partial charge in [-0.25, -0.2) is 0 Å². The Morgan fingerprint density at radius 2 is 1.76 bits per heavy atom. The number of carbonyl (C=O) groups excluding carboxylic acids is 1. The third kappa shape index (κ3) is 4.18. The minimum Gasteiger partial charge on any atom is -0.385 e. The summed E-state index contributed by atoms with van der Waals surface area (Å²) in [6, 6.07) is 17.8.